The monoisotopic (exact) mass is 331 g/mol. The second-order valence-electron chi connectivity index (χ2n) is 5.64. The Morgan fingerprint density at radius 1 is 0.880 bits per heavy atom. The molecule has 3 aromatic heterocycles. The molecule has 0 unspecified atom stereocenters. The van der Waals surface area contributed by atoms with E-state index in [9.17, 15) is 0 Å². The van der Waals surface area contributed by atoms with Gasteiger partial charge in [-0.3, -0.25) is 4.98 Å². The van der Waals surface area contributed by atoms with E-state index in [0.29, 0.717) is 6.61 Å². The number of hydrogen-bond acceptors (Lipinski definition) is 4. The summed E-state index contributed by atoms with van der Waals surface area (Å²) in [6, 6.07) is 15.9. The maximum Gasteiger partial charge on any atom is 0.119 e. The Bertz CT molecular complexity index is 979. The SMILES string of the molecule is OCCOc1ccc(-c2cnn3cc(-c4ccncc4)ccc23)cc1. The minimum atomic E-state index is 0.00953. The molecule has 5 heteroatoms. The molecule has 0 aliphatic rings. The first-order valence-electron chi connectivity index (χ1n) is 8.07. The Kier molecular flexibility index (Phi) is 4.14. The summed E-state index contributed by atoms with van der Waals surface area (Å²) in [4.78, 5) is 4.06. The van der Waals surface area contributed by atoms with E-state index >= 15 is 0 Å². The maximum absolute atomic E-state index is 8.82. The average Bonchev–Trinajstić information content (AvgIpc) is 3.10. The molecule has 0 spiro atoms. The molecule has 4 rings (SSSR count). The van der Waals surface area contributed by atoms with Crippen molar-refractivity contribution >= 4 is 5.52 Å². The summed E-state index contributed by atoms with van der Waals surface area (Å²) in [6.45, 7) is 0.309. The van der Waals surface area contributed by atoms with Crippen molar-refractivity contribution in [2.24, 2.45) is 0 Å². The number of fused-ring (bicyclic) bond motifs is 1. The Balaban J connectivity index is 1.67. The Morgan fingerprint density at radius 2 is 1.64 bits per heavy atom. The summed E-state index contributed by atoms with van der Waals surface area (Å²) in [5, 5.41) is 13.3. The third-order valence-electron chi connectivity index (χ3n) is 4.06. The molecule has 0 saturated carbocycles. The van der Waals surface area contributed by atoms with E-state index in [2.05, 4.69) is 22.2 Å². The Morgan fingerprint density at radius 3 is 2.40 bits per heavy atom. The average molecular weight is 331 g/mol. The molecule has 0 radical (unpaired) electrons. The van der Waals surface area contributed by atoms with Crippen molar-refractivity contribution in [2.75, 3.05) is 13.2 Å². The molecule has 5 nitrogen and oxygen atoms in total. The Labute approximate surface area is 145 Å². The summed E-state index contributed by atoms with van der Waals surface area (Å²) in [6.07, 6.45) is 7.46. The molecule has 0 atom stereocenters. The van der Waals surface area contributed by atoms with Crippen LogP contribution in [-0.2, 0) is 0 Å². The number of aromatic nitrogens is 3. The van der Waals surface area contributed by atoms with Crippen LogP contribution in [-0.4, -0.2) is 32.9 Å². The van der Waals surface area contributed by atoms with Gasteiger partial charge in [-0.2, -0.15) is 5.10 Å². The fraction of sp³-hybridized carbons (Fsp3) is 0.100. The fourth-order valence-electron chi connectivity index (χ4n) is 2.82. The van der Waals surface area contributed by atoms with Gasteiger partial charge < -0.3 is 9.84 Å². The van der Waals surface area contributed by atoms with Gasteiger partial charge in [0.15, 0.2) is 0 Å². The van der Waals surface area contributed by atoms with Crippen molar-refractivity contribution in [3.05, 3.63) is 73.3 Å². The molecular weight excluding hydrogens is 314 g/mol. The smallest absolute Gasteiger partial charge is 0.119 e. The minimum absolute atomic E-state index is 0.00953. The van der Waals surface area contributed by atoms with Crippen LogP contribution < -0.4 is 4.74 Å². The molecule has 4 aromatic rings. The van der Waals surface area contributed by atoms with Gasteiger partial charge >= 0.3 is 0 Å². The van der Waals surface area contributed by atoms with Gasteiger partial charge in [-0.1, -0.05) is 18.2 Å². The van der Waals surface area contributed by atoms with Crippen molar-refractivity contribution in [3.63, 3.8) is 0 Å². The normalized spacial score (nSPS) is 10.9. The number of rotatable bonds is 5. The molecule has 0 aliphatic carbocycles. The zero-order chi connectivity index (χ0) is 17.1. The van der Waals surface area contributed by atoms with E-state index in [0.717, 1.165) is 33.5 Å². The molecule has 0 bridgehead atoms. The second-order valence-corrected chi connectivity index (χ2v) is 5.64. The van der Waals surface area contributed by atoms with Gasteiger partial charge in [-0.25, -0.2) is 4.52 Å². The quantitative estimate of drug-likeness (QED) is 0.609. The lowest BCUT2D eigenvalue weighted by Crippen LogP contribution is -2.01. The number of ether oxygens (including phenoxy) is 1. The van der Waals surface area contributed by atoms with Gasteiger partial charge in [-0.05, 0) is 41.5 Å². The highest BCUT2D eigenvalue weighted by Crippen LogP contribution is 2.28. The van der Waals surface area contributed by atoms with Gasteiger partial charge in [-0.15, -0.1) is 0 Å². The number of aliphatic hydroxyl groups is 1. The van der Waals surface area contributed by atoms with Crippen LogP contribution in [0.5, 0.6) is 5.75 Å². The fourth-order valence-corrected chi connectivity index (χ4v) is 2.82. The third-order valence-corrected chi connectivity index (χ3v) is 4.06. The molecule has 0 fully saturated rings. The van der Waals surface area contributed by atoms with Gasteiger partial charge in [0, 0.05) is 29.7 Å². The highest BCUT2D eigenvalue weighted by Gasteiger charge is 2.08. The molecule has 1 N–H and O–H groups in total. The van der Waals surface area contributed by atoms with E-state index in [1.165, 1.54) is 0 Å². The number of hydrogen-bond donors (Lipinski definition) is 1. The summed E-state index contributed by atoms with van der Waals surface area (Å²) < 4.78 is 7.29. The van der Waals surface area contributed by atoms with Crippen LogP contribution in [0, 0.1) is 0 Å². The highest BCUT2D eigenvalue weighted by molar-refractivity contribution is 5.81. The third kappa shape index (κ3) is 3.09. The molecule has 1 aromatic carbocycles. The molecule has 0 amide bonds. The lowest BCUT2D eigenvalue weighted by atomic mass is 10.1. The molecule has 3 heterocycles. The molecule has 0 saturated heterocycles. The minimum Gasteiger partial charge on any atom is -0.491 e. The van der Waals surface area contributed by atoms with Crippen molar-refractivity contribution < 1.29 is 9.84 Å². The first-order valence-corrected chi connectivity index (χ1v) is 8.07. The van der Waals surface area contributed by atoms with Gasteiger partial charge in [0.2, 0.25) is 0 Å². The number of pyridine rings is 2. The first kappa shape index (κ1) is 15.4. The number of aliphatic hydroxyl groups excluding tert-OH is 1. The standard InChI is InChI=1S/C20H17N3O2/c24-11-12-25-18-4-1-16(2-5-18)19-13-22-23-14-17(3-6-20(19)23)15-7-9-21-10-8-15/h1-10,13-14,24H,11-12H2. The zero-order valence-electron chi connectivity index (χ0n) is 13.5. The predicted octanol–water partition coefficient (Wildman–Crippen LogP) is 3.43. The Hall–Kier alpha value is -3.18. The topological polar surface area (TPSA) is 59.7 Å². The van der Waals surface area contributed by atoms with Crippen LogP contribution >= 0.6 is 0 Å². The largest absolute Gasteiger partial charge is 0.491 e. The van der Waals surface area contributed by atoms with E-state index in [-0.39, 0.29) is 6.61 Å². The van der Waals surface area contributed by atoms with E-state index in [1.54, 1.807) is 12.4 Å². The van der Waals surface area contributed by atoms with Crippen molar-refractivity contribution in [1.82, 2.24) is 14.6 Å². The van der Waals surface area contributed by atoms with Crippen LogP contribution in [0.1, 0.15) is 0 Å². The van der Waals surface area contributed by atoms with Crippen molar-refractivity contribution in [2.45, 2.75) is 0 Å². The lowest BCUT2D eigenvalue weighted by Gasteiger charge is -2.06. The number of benzene rings is 1. The zero-order valence-corrected chi connectivity index (χ0v) is 13.5. The van der Waals surface area contributed by atoms with E-state index in [4.69, 9.17) is 9.84 Å². The molecule has 124 valence electrons. The van der Waals surface area contributed by atoms with Gasteiger partial charge in [0.1, 0.15) is 12.4 Å². The highest BCUT2D eigenvalue weighted by atomic mass is 16.5. The van der Waals surface area contributed by atoms with E-state index < -0.39 is 0 Å². The predicted molar refractivity (Wildman–Crippen MR) is 96.4 cm³/mol. The summed E-state index contributed by atoms with van der Waals surface area (Å²) in [5.74, 6) is 0.745. The summed E-state index contributed by atoms with van der Waals surface area (Å²) in [5.41, 5.74) is 5.39. The van der Waals surface area contributed by atoms with Crippen LogP contribution in [0.3, 0.4) is 0 Å². The number of nitrogens with zero attached hydrogens (tertiary/aromatic N) is 3. The summed E-state index contributed by atoms with van der Waals surface area (Å²) >= 11 is 0. The molecular formula is C20H17N3O2. The maximum atomic E-state index is 8.82. The second kappa shape index (κ2) is 6.75. The van der Waals surface area contributed by atoms with Crippen molar-refractivity contribution in [3.8, 4) is 28.0 Å². The first-order chi connectivity index (χ1) is 12.3. The van der Waals surface area contributed by atoms with Gasteiger partial charge in [0.25, 0.3) is 0 Å². The van der Waals surface area contributed by atoms with Gasteiger partial charge in [0.05, 0.1) is 18.3 Å². The summed E-state index contributed by atoms with van der Waals surface area (Å²) in [7, 11) is 0. The van der Waals surface area contributed by atoms with Crippen LogP contribution in [0.2, 0.25) is 0 Å². The molecule has 0 aliphatic heterocycles. The lowest BCUT2D eigenvalue weighted by molar-refractivity contribution is 0.201. The molecule has 25 heavy (non-hydrogen) atoms. The van der Waals surface area contributed by atoms with Crippen LogP contribution in [0.15, 0.2) is 73.3 Å². The van der Waals surface area contributed by atoms with Crippen LogP contribution in [0.4, 0.5) is 0 Å². The van der Waals surface area contributed by atoms with Crippen molar-refractivity contribution in [1.29, 1.82) is 0 Å². The van der Waals surface area contributed by atoms with Crippen LogP contribution in [0.25, 0.3) is 27.8 Å². The van der Waals surface area contributed by atoms with E-state index in [1.807, 2.05) is 53.3 Å².